The Morgan fingerprint density at radius 1 is 1.27 bits per heavy atom. The minimum Gasteiger partial charge on any atom is -0.272 e. The first-order valence-electron chi connectivity index (χ1n) is 5.58. The SMILES string of the molecule is CCC(CC)C(C)N1C(=O)C=C(C)C1=O. The van der Waals surface area contributed by atoms with E-state index in [-0.39, 0.29) is 17.9 Å². The van der Waals surface area contributed by atoms with Gasteiger partial charge in [0.15, 0.2) is 0 Å². The van der Waals surface area contributed by atoms with Gasteiger partial charge in [-0.15, -0.1) is 0 Å². The first-order chi connectivity index (χ1) is 7.02. The van der Waals surface area contributed by atoms with E-state index in [9.17, 15) is 9.59 Å². The number of imide groups is 1. The van der Waals surface area contributed by atoms with Crippen LogP contribution in [0.5, 0.6) is 0 Å². The highest BCUT2D eigenvalue weighted by atomic mass is 16.2. The number of nitrogens with zero attached hydrogens (tertiary/aromatic N) is 1. The van der Waals surface area contributed by atoms with Gasteiger partial charge in [0.05, 0.1) is 0 Å². The predicted octanol–water partition coefficient (Wildman–Crippen LogP) is 2.13. The molecule has 0 saturated heterocycles. The minimum atomic E-state index is -0.156. The molecule has 0 radical (unpaired) electrons. The lowest BCUT2D eigenvalue weighted by atomic mass is 9.94. The van der Waals surface area contributed by atoms with Crippen molar-refractivity contribution in [3.05, 3.63) is 11.6 Å². The monoisotopic (exact) mass is 209 g/mol. The molecule has 0 aromatic heterocycles. The summed E-state index contributed by atoms with van der Waals surface area (Å²) >= 11 is 0. The van der Waals surface area contributed by atoms with Gasteiger partial charge in [0.1, 0.15) is 0 Å². The number of carbonyl (C=O) groups excluding carboxylic acids is 2. The van der Waals surface area contributed by atoms with Gasteiger partial charge in [-0.2, -0.15) is 0 Å². The van der Waals surface area contributed by atoms with Crippen LogP contribution < -0.4 is 0 Å². The van der Waals surface area contributed by atoms with Gasteiger partial charge in [-0.3, -0.25) is 14.5 Å². The van der Waals surface area contributed by atoms with Crippen LogP contribution >= 0.6 is 0 Å². The standard InChI is InChI=1S/C12H19NO2/c1-5-10(6-2)9(4)13-11(14)7-8(3)12(13)15/h7,9-10H,5-6H2,1-4H3. The zero-order valence-corrected chi connectivity index (χ0v) is 9.91. The average molecular weight is 209 g/mol. The van der Waals surface area contributed by atoms with Crippen molar-refractivity contribution < 1.29 is 9.59 Å². The Hall–Kier alpha value is -1.12. The number of hydrogen-bond donors (Lipinski definition) is 0. The van der Waals surface area contributed by atoms with Crippen LogP contribution in [0.15, 0.2) is 11.6 Å². The van der Waals surface area contributed by atoms with Gasteiger partial charge in [-0.25, -0.2) is 0 Å². The fourth-order valence-corrected chi connectivity index (χ4v) is 2.17. The largest absolute Gasteiger partial charge is 0.272 e. The van der Waals surface area contributed by atoms with E-state index in [1.165, 1.54) is 11.0 Å². The summed E-state index contributed by atoms with van der Waals surface area (Å²) in [4.78, 5) is 24.7. The predicted molar refractivity (Wildman–Crippen MR) is 59.1 cm³/mol. The van der Waals surface area contributed by atoms with Crippen LogP contribution in [0, 0.1) is 5.92 Å². The molecule has 1 aliphatic heterocycles. The van der Waals surface area contributed by atoms with Crippen LogP contribution in [-0.2, 0) is 9.59 Å². The van der Waals surface area contributed by atoms with Gasteiger partial charge in [-0.05, 0) is 19.8 Å². The lowest BCUT2D eigenvalue weighted by Gasteiger charge is -2.29. The molecule has 1 aliphatic rings. The molecule has 3 nitrogen and oxygen atoms in total. The van der Waals surface area contributed by atoms with Gasteiger partial charge in [0.2, 0.25) is 0 Å². The van der Waals surface area contributed by atoms with Gasteiger partial charge in [0, 0.05) is 17.7 Å². The van der Waals surface area contributed by atoms with Crippen molar-refractivity contribution in [3.63, 3.8) is 0 Å². The van der Waals surface area contributed by atoms with Crippen molar-refractivity contribution in [2.24, 2.45) is 5.92 Å². The molecule has 15 heavy (non-hydrogen) atoms. The maximum Gasteiger partial charge on any atom is 0.256 e. The summed E-state index contributed by atoms with van der Waals surface area (Å²) in [6, 6.07) is 0.00806. The fraction of sp³-hybridized carbons (Fsp3) is 0.667. The third-order valence-electron chi connectivity index (χ3n) is 3.27. The van der Waals surface area contributed by atoms with E-state index in [1.807, 2.05) is 6.92 Å². The smallest absolute Gasteiger partial charge is 0.256 e. The normalized spacial score (nSPS) is 18.7. The van der Waals surface area contributed by atoms with E-state index in [4.69, 9.17) is 0 Å². The minimum absolute atomic E-state index is 0.00806. The first-order valence-corrected chi connectivity index (χ1v) is 5.58. The second-order valence-corrected chi connectivity index (χ2v) is 4.16. The molecular formula is C12H19NO2. The van der Waals surface area contributed by atoms with Crippen LogP contribution in [0.2, 0.25) is 0 Å². The van der Waals surface area contributed by atoms with Crippen LogP contribution in [0.4, 0.5) is 0 Å². The molecule has 0 aromatic carbocycles. The first kappa shape index (κ1) is 12.0. The second-order valence-electron chi connectivity index (χ2n) is 4.16. The van der Waals surface area contributed by atoms with Gasteiger partial charge in [0.25, 0.3) is 11.8 Å². The number of carbonyl (C=O) groups is 2. The molecular weight excluding hydrogens is 190 g/mol. The summed E-state index contributed by atoms with van der Waals surface area (Å²) in [6.07, 6.45) is 3.42. The molecule has 0 aliphatic carbocycles. The molecule has 84 valence electrons. The van der Waals surface area contributed by atoms with Crippen molar-refractivity contribution in [3.8, 4) is 0 Å². The Kier molecular flexibility index (Phi) is 3.66. The zero-order valence-electron chi connectivity index (χ0n) is 9.91. The van der Waals surface area contributed by atoms with E-state index in [0.29, 0.717) is 11.5 Å². The summed E-state index contributed by atoms with van der Waals surface area (Å²) < 4.78 is 0. The number of hydrogen-bond acceptors (Lipinski definition) is 2. The Labute approximate surface area is 91.1 Å². The molecule has 0 bridgehead atoms. The molecule has 0 N–H and O–H groups in total. The lowest BCUT2D eigenvalue weighted by Crippen LogP contribution is -2.42. The van der Waals surface area contributed by atoms with E-state index in [2.05, 4.69) is 13.8 Å². The highest BCUT2D eigenvalue weighted by Gasteiger charge is 2.34. The summed E-state index contributed by atoms with van der Waals surface area (Å²) in [5.41, 5.74) is 0.554. The van der Waals surface area contributed by atoms with Gasteiger partial charge in [-0.1, -0.05) is 26.7 Å². The van der Waals surface area contributed by atoms with Crippen molar-refractivity contribution in [2.45, 2.75) is 46.6 Å². The Morgan fingerprint density at radius 2 is 1.80 bits per heavy atom. The van der Waals surface area contributed by atoms with Crippen LogP contribution in [0.25, 0.3) is 0 Å². The van der Waals surface area contributed by atoms with Crippen LogP contribution in [-0.4, -0.2) is 22.8 Å². The maximum absolute atomic E-state index is 11.7. The molecule has 1 atom stereocenters. The van der Waals surface area contributed by atoms with Crippen molar-refractivity contribution in [2.75, 3.05) is 0 Å². The average Bonchev–Trinajstić information content (AvgIpc) is 2.43. The zero-order chi connectivity index (χ0) is 11.6. The number of rotatable bonds is 4. The Bertz CT molecular complexity index is 303. The molecule has 0 aromatic rings. The Balaban J connectivity index is 2.82. The summed E-state index contributed by atoms with van der Waals surface area (Å²) in [5, 5.41) is 0. The molecule has 2 amide bonds. The molecule has 1 unspecified atom stereocenters. The number of amides is 2. The third kappa shape index (κ3) is 2.11. The molecule has 1 heterocycles. The topological polar surface area (TPSA) is 37.4 Å². The molecule has 0 fully saturated rings. The van der Waals surface area contributed by atoms with Crippen molar-refractivity contribution in [1.82, 2.24) is 4.90 Å². The molecule has 3 heteroatoms. The fourth-order valence-electron chi connectivity index (χ4n) is 2.17. The van der Waals surface area contributed by atoms with E-state index in [1.54, 1.807) is 6.92 Å². The molecule has 0 saturated carbocycles. The second kappa shape index (κ2) is 4.60. The summed E-state index contributed by atoms with van der Waals surface area (Å²) in [7, 11) is 0. The highest BCUT2D eigenvalue weighted by Crippen LogP contribution is 2.23. The van der Waals surface area contributed by atoms with Gasteiger partial charge < -0.3 is 0 Å². The highest BCUT2D eigenvalue weighted by molar-refractivity contribution is 6.16. The summed E-state index contributed by atoms with van der Waals surface area (Å²) in [5.74, 6) is 0.119. The van der Waals surface area contributed by atoms with Crippen molar-refractivity contribution in [1.29, 1.82) is 0 Å². The molecule has 0 spiro atoms. The van der Waals surface area contributed by atoms with Gasteiger partial charge >= 0.3 is 0 Å². The van der Waals surface area contributed by atoms with Crippen LogP contribution in [0.1, 0.15) is 40.5 Å². The van der Waals surface area contributed by atoms with E-state index in [0.717, 1.165) is 12.8 Å². The molecule has 1 rings (SSSR count). The maximum atomic E-state index is 11.7. The Morgan fingerprint density at radius 3 is 2.13 bits per heavy atom. The quantitative estimate of drug-likeness (QED) is 0.665. The third-order valence-corrected chi connectivity index (χ3v) is 3.27. The van der Waals surface area contributed by atoms with E-state index >= 15 is 0 Å². The van der Waals surface area contributed by atoms with Crippen LogP contribution in [0.3, 0.4) is 0 Å². The van der Waals surface area contributed by atoms with E-state index < -0.39 is 0 Å². The summed E-state index contributed by atoms with van der Waals surface area (Å²) in [6.45, 7) is 7.84. The lowest BCUT2D eigenvalue weighted by molar-refractivity contribution is -0.140. The van der Waals surface area contributed by atoms with Crippen molar-refractivity contribution >= 4 is 11.8 Å².